The molecule has 5 nitrogen and oxygen atoms in total. The number of nitriles is 1. The van der Waals surface area contributed by atoms with Gasteiger partial charge in [0.2, 0.25) is 0 Å². The fourth-order valence-corrected chi connectivity index (χ4v) is 2.58. The molecule has 2 unspecified atom stereocenters. The highest BCUT2D eigenvalue weighted by atomic mass is 16.5. The summed E-state index contributed by atoms with van der Waals surface area (Å²) < 4.78 is 16.1. The Labute approximate surface area is 119 Å². The van der Waals surface area contributed by atoms with Crippen LogP contribution in [0.1, 0.15) is 11.1 Å². The summed E-state index contributed by atoms with van der Waals surface area (Å²) in [5, 5.41) is 8.98. The van der Waals surface area contributed by atoms with Crippen molar-refractivity contribution < 1.29 is 14.2 Å². The number of hydrogen-bond acceptors (Lipinski definition) is 5. The second-order valence-electron chi connectivity index (χ2n) is 4.89. The summed E-state index contributed by atoms with van der Waals surface area (Å²) in [6.45, 7) is 2.48. The number of ether oxygens (including phenoxy) is 3. The molecule has 0 aromatic heterocycles. The van der Waals surface area contributed by atoms with Crippen LogP contribution in [0, 0.1) is 11.3 Å². The Bertz CT molecular complexity index is 486. The molecule has 1 saturated heterocycles. The number of hydrogen-bond donors (Lipinski definition) is 0. The number of benzene rings is 1. The van der Waals surface area contributed by atoms with E-state index < -0.39 is 0 Å². The third-order valence-corrected chi connectivity index (χ3v) is 3.69. The first kappa shape index (κ1) is 14.8. The molecule has 0 saturated carbocycles. The Hall–Kier alpha value is -1.61. The van der Waals surface area contributed by atoms with Crippen LogP contribution in [0.25, 0.3) is 0 Å². The van der Waals surface area contributed by atoms with Crippen molar-refractivity contribution in [3.05, 3.63) is 29.3 Å². The predicted octanol–water partition coefficient (Wildman–Crippen LogP) is 1.41. The molecule has 0 spiro atoms. The maximum atomic E-state index is 8.98. The van der Waals surface area contributed by atoms with E-state index in [1.165, 1.54) is 0 Å². The molecule has 108 valence electrons. The molecule has 20 heavy (non-hydrogen) atoms. The van der Waals surface area contributed by atoms with Crippen LogP contribution in [-0.4, -0.2) is 51.5 Å². The van der Waals surface area contributed by atoms with Crippen molar-refractivity contribution in [2.45, 2.75) is 18.8 Å². The van der Waals surface area contributed by atoms with Gasteiger partial charge in [0.1, 0.15) is 11.8 Å². The third-order valence-electron chi connectivity index (χ3n) is 3.69. The lowest BCUT2D eigenvalue weighted by molar-refractivity contribution is -0.00461. The second-order valence-corrected chi connectivity index (χ2v) is 4.89. The molecule has 5 heteroatoms. The van der Waals surface area contributed by atoms with Crippen LogP contribution >= 0.6 is 0 Å². The Morgan fingerprint density at radius 2 is 1.85 bits per heavy atom. The van der Waals surface area contributed by atoms with Crippen molar-refractivity contribution in [3.8, 4) is 11.8 Å². The lowest BCUT2D eigenvalue weighted by Crippen LogP contribution is -2.27. The lowest BCUT2D eigenvalue weighted by atomic mass is 10.1. The molecule has 1 fully saturated rings. The van der Waals surface area contributed by atoms with Crippen LogP contribution in [0.4, 0.5) is 0 Å². The molecule has 1 aromatic rings. The van der Waals surface area contributed by atoms with Gasteiger partial charge in [-0.3, -0.25) is 4.90 Å². The van der Waals surface area contributed by atoms with Gasteiger partial charge in [0.15, 0.2) is 0 Å². The lowest BCUT2D eigenvalue weighted by Gasteiger charge is -2.16. The van der Waals surface area contributed by atoms with Crippen LogP contribution < -0.4 is 4.74 Å². The molecular weight excluding hydrogens is 256 g/mol. The first-order chi connectivity index (χ1) is 9.71. The van der Waals surface area contributed by atoms with E-state index in [4.69, 9.17) is 19.5 Å². The van der Waals surface area contributed by atoms with Gasteiger partial charge < -0.3 is 14.2 Å². The topological polar surface area (TPSA) is 54.7 Å². The van der Waals surface area contributed by atoms with Gasteiger partial charge in [-0.15, -0.1) is 0 Å². The minimum atomic E-state index is 0.111. The van der Waals surface area contributed by atoms with Gasteiger partial charge in [-0.2, -0.15) is 5.26 Å². The summed E-state index contributed by atoms with van der Waals surface area (Å²) in [6.07, 6.45) is 0.223. The van der Waals surface area contributed by atoms with Crippen molar-refractivity contribution in [2.24, 2.45) is 0 Å². The molecule has 0 amide bonds. The zero-order valence-electron chi connectivity index (χ0n) is 12.1. The van der Waals surface area contributed by atoms with Gasteiger partial charge in [-0.25, -0.2) is 0 Å². The average molecular weight is 276 g/mol. The van der Waals surface area contributed by atoms with Crippen LogP contribution in [0.3, 0.4) is 0 Å². The van der Waals surface area contributed by atoms with E-state index in [9.17, 15) is 0 Å². The minimum Gasteiger partial charge on any atom is -0.495 e. The van der Waals surface area contributed by atoms with Gasteiger partial charge in [0.25, 0.3) is 0 Å². The Balaban J connectivity index is 2.06. The highest BCUT2D eigenvalue weighted by Crippen LogP contribution is 2.23. The summed E-state index contributed by atoms with van der Waals surface area (Å²) in [5.74, 6) is 0.621. The zero-order valence-corrected chi connectivity index (χ0v) is 12.1. The first-order valence-electron chi connectivity index (χ1n) is 6.56. The molecule has 1 heterocycles. The van der Waals surface area contributed by atoms with Gasteiger partial charge in [-0.1, -0.05) is 6.07 Å². The summed E-state index contributed by atoms with van der Waals surface area (Å²) in [7, 11) is 5.01. The van der Waals surface area contributed by atoms with Crippen LogP contribution in [0.5, 0.6) is 5.75 Å². The minimum absolute atomic E-state index is 0.111. The standard InChI is InChI=1S/C15H20N2O3/c1-18-13-6-11(4-5-12(13)7-16)8-17-9-14(19-2)15(10-17)20-3/h4-6,14-15H,8-10H2,1-3H3. The van der Waals surface area contributed by atoms with Crippen molar-refractivity contribution in [1.29, 1.82) is 5.26 Å². The molecule has 1 aliphatic rings. The van der Waals surface area contributed by atoms with Crippen LogP contribution in [0.15, 0.2) is 18.2 Å². The number of methoxy groups -OCH3 is 3. The van der Waals surface area contributed by atoms with Crippen molar-refractivity contribution in [2.75, 3.05) is 34.4 Å². The first-order valence-corrected chi connectivity index (χ1v) is 6.56. The summed E-state index contributed by atoms with van der Waals surface area (Å²) >= 11 is 0. The van der Waals surface area contributed by atoms with E-state index in [1.807, 2.05) is 12.1 Å². The molecule has 2 rings (SSSR count). The SMILES string of the molecule is COc1cc(CN2CC(OC)C(OC)C2)ccc1C#N. The fourth-order valence-electron chi connectivity index (χ4n) is 2.58. The quantitative estimate of drug-likeness (QED) is 0.814. The molecule has 0 aliphatic carbocycles. The van der Waals surface area contributed by atoms with E-state index in [-0.39, 0.29) is 12.2 Å². The Kier molecular flexibility index (Phi) is 4.96. The van der Waals surface area contributed by atoms with Crippen LogP contribution in [0.2, 0.25) is 0 Å². The normalized spacial score (nSPS) is 22.7. The van der Waals surface area contributed by atoms with Crippen molar-refractivity contribution >= 4 is 0 Å². The third kappa shape index (κ3) is 3.10. The monoisotopic (exact) mass is 276 g/mol. The average Bonchev–Trinajstić information content (AvgIpc) is 2.89. The predicted molar refractivity (Wildman–Crippen MR) is 74.6 cm³/mol. The zero-order chi connectivity index (χ0) is 14.5. The van der Waals surface area contributed by atoms with E-state index in [2.05, 4.69) is 11.0 Å². The maximum absolute atomic E-state index is 8.98. The largest absolute Gasteiger partial charge is 0.495 e. The van der Waals surface area contributed by atoms with Crippen LogP contribution in [-0.2, 0) is 16.0 Å². The van der Waals surface area contributed by atoms with Gasteiger partial charge >= 0.3 is 0 Å². The highest BCUT2D eigenvalue weighted by molar-refractivity contribution is 5.45. The molecule has 0 N–H and O–H groups in total. The number of rotatable bonds is 5. The van der Waals surface area contributed by atoms with E-state index in [0.29, 0.717) is 11.3 Å². The Morgan fingerprint density at radius 3 is 2.35 bits per heavy atom. The van der Waals surface area contributed by atoms with Crippen molar-refractivity contribution in [3.63, 3.8) is 0 Å². The van der Waals surface area contributed by atoms with E-state index in [1.54, 1.807) is 27.4 Å². The summed E-state index contributed by atoms with van der Waals surface area (Å²) in [5.41, 5.74) is 1.68. The summed E-state index contributed by atoms with van der Waals surface area (Å²) in [6, 6.07) is 7.80. The maximum Gasteiger partial charge on any atom is 0.136 e. The molecule has 2 atom stereocenters. The van der Waals surface area contributed by atoms with Crippen molar-refractivity contribution in [1.82, 2.24) is 4.90 Å². The highest BCUT2D eigenvalue weighted by Gasteiger charge is 2.32. The second kappa shape index (κ2) is 6.71. The molecule has 1 aliphatic heterocycles. The fraction of sp³-hybridized carbons (Fsp3) is 0.533. The van der Waals surface area contributed by atoms with E-state index in [0.717, 1.165) is 25.2 Å². The smallest absolute Gasteiger partial charge is 0.136 e. The van der Waals surface area contributed by atoms with Gasteiger partial charge in [0, 0.05) is 33.9 Å². The van der Waals surface area contributed by atoms with Gasteiger partial charge in [0.05, 0.1) is 24.9 Å². The molecule has 0 bridgehead atoms. The van der Waals surface area contributed by atoms with E-state index >= 15 is 0 Å². The molecule has 1 aromatic carbocycles. The van der Waals surface area contributed by atoms with Gasteiger partial charge in [-0.05, 0) is 17.7 Å². The Morgan fingerprint density at radius 1 is 1.20 bits per heavy atom. The number of nitrogens with zero attached hydrogens (tertiary/aromatic N) is 2. The molecule has 0 radical (unpaired) electrons. The number of likely N-dealkylation sites (tertiary alicyclic amines) is 1. The summed E-state index contributed by atoms with van der Waals surface area (Å²) in [4.78, 5) is 2.28. The molecular formula is C15H20N2O3.